The fourth-order valence-corrected chi connectivity index (χ4v) is 2.85. The van der Waals surface area contributed by atoms with Crippen LogP contribution in [-0.2, 0) is 13.0 Å². The zero-order valence-corrected chi connectivity index (χ0v) is 15.3. The highest BCUT2D eigenvalue weighted by atomic mass is 16.2. The van der Waals surface area contributed by atoms with Gasteiger partial charge in [0, 0.05) is 19.1 Å². The summed E-state index contributed by atoms with van der Waals surface area (Å²) >= 11 is 0. The quantitative estimate of drug-likeness (QED) is 0.804. The molecule has 1 atom stereocenters. The molecule has 0 saturated heterocycles. The molecule has 0 saturated carbocycles. The van der Waals surface area contributed by atoms with Crippen molar-refractivity contribution in [1.82, 2.24) is 20.2 Å². The summed E-state index contributed by atoms with van der Waals surface area (Å²) in [5.74, 6) is 0.566. The Hall–Kier alpha value is -1.85. The van der Waals surface area contributed by atoms with Crippen molar-refractivity contribution >= 4 is 11.8 Å². The van der Waals surface area contributed by atoms with Gasteiger partial charge in [-0.15, -0.1) is 0 Å². The van der Waals surface area contributed by atoms with Crippen LogP contribution < -0.4 is 10.6 Å². The van der Waals surface area contributed by atoms with Crippen LogP contribution in [0, 0.1) is 5.92 Å². The standard InChI is InChI=1S/C18H30N4O2/c1-5-13(4)20-17(23)15-14-8-6-7-11-22(14)16(21-15)18(24)19-10-9-12(2)3/h12-13H,5-11H2,1-4H3,(H,19,24)(H,20,23). The Morgan fingerprint density at radius 2 is 1.96 bits per heavy atom. The normalized spacial score (nSPS) is 15.0. The monoisotopic (exact) mass is 334 g/mol. The molecule has 0 aliphatic carbocycles. The Morgan fingerprint density at radius 3 is 2.62 bits per heavy atom. The Morgan fingerprint density at radius 1 is 1.21 bits per heavy atom. The van der Waals surface area contributed by atoms with Crippen LogP contribution >= 0.6 is 0 Å². The second kappa shape index (κ2) is 8.31. The number of nitrogens with zero attached hydrogens (tertiary/aromatic N) is 2. The van der Waals surface area contributed by atoms with Crippen LogP contribution in [0.3, 0.4) is 0 Å². The molecule has 1 aliphatic rings. The van der Waals surface area contributed by atoms with E-state index in [0.29, 0.717) is 24.0 Å². The van der Waals surface area contributed by atoms with E-state index in [4.69, 9.17) is 0 Å². The van der Waals surface area contributed by atoms with Crippen LogP contribution in [0.25, 0.3) is 0 Å². The van der Waals surface area contributed by atoms with E-state index < -0.39 is 0 Å². The molecule has 0 radical (unpaired) electrons. The third kappa shape index (κ3) is 4.36. The maximum atomic E-state index is 12.5. The van der Waals surface area contributed by atoms with E-state index in [2.05, 4.69) is 29.5 Å². The molecule has 24 heavy (non-hydrogen) atoms. The topological polar surface area (TPSA) is 76.0 Å². The zero-order chi connectivity index (χ0) is 17.7. The van der Waals surface area contributed by atoms with Gasteiger partial charge in [0.25, 0.3) is 11.8 Å². The van der Waals surface area contributed by atoms with Crippen molar-refractivity contribution in [2.24, 2.45) is 5.92 Å². The van der Waals surface area contributed by atoms with E-state index in [-0.39, 0.29) is 17.9 Å². The maximum absolute atomic E-state index is 12.5. The van der Waals surface area contributed by atoms with Gasteiger partial charge in [0.05, 0.1) is 5.69 Å². The predicted octanol–water partition coefficient (Wildman–Crippen LogP) is 2.52. The number of hydrogen-bond donors (Lipinski definition) is 2. The molecule has 1 aromatic rings. The lowest BCUT2D eigenvalue weighted by Gasteiger charge is -2.17. The highest BCUT2D eigenvalue weighted by Crippen LogP contribution is 2.21. The van der Waals surface area contributed by atoms with Crippen molar-refractivity contribution in [3.05, 3.63) is 17.2 Å². The molecular weight excluding hydrogens is 304 g/mol. The smallest absolute Gasteiger partial charge is 0.287 e. The number of nitrogens with one attached hydrogen (secondary N) is 2. The van der Waals surface area contributed by atoms with Crippen molar-refractivity contribution < 1.29 is 9.59 Å². The van der Waals surface area contributed by atoms with Crippen LogP contribution in [0.1, 0.15) is 80.2 Å². The summed E-state index contributed by atoms with van der Waals surface area (Å²) in [6, 6.07) is 0.0989. The molecule has 2 rings (SSSR count). The first-order chi connectivity index (χ1) is 11.4. The summed E-state index contributed by atoms with van der Waals surface area (Å²) in [6.07, 6.45) is 4.65. The van der Waals surface area contributed by atoms with Crippen molar-refractivity contribution in [2.45, 2.75) is 72.4 Å². The van der Waals surface area contributed by atoms with E-state index in [0.717, 1.165) is 44.3 Å². The van der Waals surface area contributed by atoms with E-state index in [1.54, 1.807) is 0 Å². The van der Waals surface area contributed by atoms with Crippen LogP contribution in [0.2, 0.25) is 0 Å². The molecule has 0 aromatic carbocycles. The summed E-state index contributed by atoms with van der Waals surface area (Å²) in [4.78, 5) is 29.4. The van der Waals surface area contributed by atoms with E-state index in [9.17, 15) is 9.59 Å². The molecule has 1 aromatic heterocycles. The lowest BCUT2D eigenvalue weighted by molar-refractivity contribution is 0.0932. The highest BCUT2D eigenvalue weighted by molar-refractivity contribution is 5.97. The third-order valence-electron chi connectivity index (χ3n) is 4.53. The molecule has 2 N–H and O–H groups in total. The molecule has 0 spiro atoms. The fraction of sp³-hybridized carbons (Fsp3) is 0.722. The van der Waals surface area contributed by atoms with Gasteiger partial charge in [-0.3, -0.25) is 9.59 Å². The van der Waals surface area contributed by atoms with Crippen LogP contribution in [0.15, 0.2) is 0 Å². The lowest BCUT2D eigenvalue weighted by atomic mass is 10.1. The highest BCUT2D eigenvalue weighted by Gasteiger charge is 2.27. The number of fused-ring (bicyclic) bond motifs is 1. The van der Waals surface area contributed by atoms with Crippen molar-refractivity contribution in [1.29, 1.82) is 0 Å². The molecule has 2 heterocycles. The minimum Gasteiger partial charge on any atom is -0.349 e. The molecule has 1 aliphatic heterocycles. The summed E-state index contributed by atoms with van der Waals surface area (Å²) in [6.45, 7) is 9.64. The van der Waals surface area contributed by atoms with Crippen LogP contribution in [0.4, 0.5) is 0 Å². The number of amides is 2. The third-order valence-corrected chi connectivity index (χ3v) is 4.53. The summed E-state index contributed by atoms with van der Waals surface area (Å²) in [7, 11) is 0. The van der Waals surface area contributed by atoms with Gasteiger partial charge in [-0.25, -0.2) is 4.98 Å². The molecule has 134 valence electrons. The fourth-order valence-electron chi connectivity index (χ4n) is 2.85. The number of hydrogen-bond acceptors (Lipinski definition) is 3. The Balaban J connectivity index is 2.20. The summed E-state index contributed by atoms with van der Waals surface area (Å²) in [5.41, 5.74) is 1.32. The van der Waals surface area contributed by atoms with Crippen LogP contribution in [-0.4, -0.2) is 34.0 Å². The molecule has 2 amide bonds. The summed E-state index contributed by atoms with van der Waals surface area (Å²) in [5, 5.41) is 5.89. The Labute approximate surface area is 144 Å². The number of imidazole rings is 1. The van der Waals surface area contributed by atoms with E-state index in [1.807, 2.05) is 18.4 Å². The number of carbonyl (C=O) groups excluding carboxylic acids is 2. The minimum absolute atomic E-state index is 0.0989. The second-order valence-electron chi connectivity index (χ2n) is 7.06. The van der Waals surface area contributed by atoms with Gasteiger partial charge in [0.15, 0.2) is 5.82 Å². The zero-order valence-electron chi connectivity index (χ0n) is 15.3. The van der Waals surface area contributed by atoms with Gasteiger partial charge in [-0.05, 0) is 44.9 Å². The first-order valence-corrected chi connectivity index (χ1v) is 9.12. The van der Waals surface area contributed by atoms with Gasteiger partial charge >= 0.3 is 0 Å². The van der Waals surface area contributed by atoms with Gasteiger partial charge in [-0.1, -0.05) is 20.8 Å². The minimum atomic E-state index is -0.179. The SMILES string of the molecule is CCC(C)NC(=O)c1nc(C(=O)NCCC(C)C)n2c1CCCC2. The first-order valence-electron chi connectivity index (χ1n) is 9.12. The Bertz CT molecular complexity index is 592. The largest absolute Gasteiger partial charge is 0.349 e. The van der Waals surface area contributed by atoms with Crippen molar-refractivity contribution in [3.8, 4) is 0 Å². The van der Waals surface area contributed by atoms with Crippen LogP contribution in [0.5, 0.6) is 0 Å². The maximum Gasteiger partial charge on any atom is 0.287 e. The molecule has 0 fully saturated rings. The van der Waals surface area contributed by atoms with E-state index in [1.165, 1.54) is 0 Å². The van der Waals surface area contributed by atoms with Crippen molar-refractivity contribution in [3.63, 3.8) is 0 Å². The number of aromatic nitrogens is 2. The van der Waals surface area contributed by atoms with E-state index >= 15 is 0 Å². The van der Waals surface area contributed by atoms with Gasteiger partial charge in [0.1, 0.15) is 5.69 Å². The van der Waals surface area contributed by atoms with Gasteiger partial charge < -0.3 is 15.2 Å². The number of carbonyl (C=O) groups is 2. The molecule has 0 bridgehead atoms. The average Bonchev–Trinajstić information content (AvgIpc) is 2.94. The average molecular weight is 334 g/mol. The lowest BCUT2D eigenvalue weighted by Crippen LogP contribution is -2.33. The molecule has 1 unspecified atom stereocenters. The summed E-state index contributed by atoms with van der Waals surface area (Å²) < 4.78 is 1.93. The number of rotatable bonds is 7. The predicted molar refractivity (Wildman–Crippen MR) is 94.2 cm³/mol. The van der Waals surface area contributed by atoms with Gasteiger partial charge in [-0.2, -0.15) is 0 Å². The molecule has 6 nitrogen and oxygen atoms in total. The van der Waals surface area contributed by atoms with Gasteiger partial charge in [0.2, 0.25) is 0 Å². The molecular formula is C18H30N4O2. The van der Waals surface area contributed by atoms with Crippen molar-refractivity contribution in [2.75, 3.05) is 6.54 Å². The first kappa shape index (κ1) is 18.5. The molecule has 6 heteroatoms. The second-order valence-corrected chi connectivity index (χ2v) is 7.06. The Kier molecular flexibility index (Phi) is 6.40.